The van der Waals surface area contributed by atoms with Crippen LogP contribution in [-0.2, 0) is 0 Å². The number of hydrogen-bond acceptors (Lipinski definition) is 1. The van der Waals surface area contributed by atoms with Crippen molar-refractivity contribution < 1.29 is 4.79 Å². The van der Waals surface area contributed by atoms with Crippen molar-refractivity contribution in [3.05, 3.63) is 31.8 Å². The van der Waals surface area contributed by atoms with Gasteiger partial charge < -0.3 is 5.32 Å². The van der Waals surface area contributed by atoms with Crippen LogP contribution in [0.4, 0.5) is 0 Å². The molecule has 4 rings (SSSR count). The van der Waals surface area contributed by atoms with Crippen LogP contribution < -0.4 is 5.32 Å². The SMILES string of the molecule is O=C(NC12CC(C1)C2)c1ccc(I)c(Br)c1. The zero-order valence-electron chi connectivity index (χ0n) is 8.59. The van der Waals surface area contributed by atoms with Gasteiger partial charge in [-0.25, -0.2) is 0 Å². The van der Waals surface area contributed by atoms with Gasteiger partial charge in [0.2, 0.25) is 0 Å². The molecule has 1 amide bonds. The average molecular weight is 392 g/mol. The molecule has 1 N–H and O–H groups in total. The van der Waals surface area contributed by atoms with Crippen molar-refractivity contribution in [3.63, 3.8) is 0 Å². The Hall–Kier alpha value is -0.100. The van der Waals surface area contributed by atoms with Crippen molar-refractivity contribution in [1.29, 1.82) is 0 Å². The number of amides is 1. The summed E-state index contributed by atoms with van der Waals surface area (Å²) in [6.07, 6.45) is 3.55. The summed E-state index contributed by atoms with van der Waals surface area (Å²) in [5.74, 6) is 0.957. The lowest BCUT2D eigenvalue weighted by Crippen LogP contribution is -2.68. The molecule has 2 bridgehead atoms. The van der Waals surface area contributed by atoms with Gasteiger partial charge in [-0.3, -0.25) is 4.79 Å². The van der Waals surface area contributed by atoms with E-state index in [4.69, 9.17) is 0 Å². The van der Waals surface area contributed by atoms with E-state index in [0.29, 0.717) is 0 Å². The summed E-state index contributed by atoms with van der Waals surface area (Å²) >= 11 is 5.69. The van der Waals surface area contributed by atoms with Crippen molar-refractivity contribution in [2.75, 3.05) is 0 Å². The smallest absolute Gasteiger partial charge is 0.251 e. The molecule has 0 aromatic heterocycles. The van der Waals surface area contributed by atoms with Crippen LogP contribution in [0.25, 0.3) is 0 Å². The Bertz CT molecular complexity index is 457. The van der Waals surface area contributed by atoms with Gasteiger partial charge in [-0.05, 0) is 81.9 Å². The topological polar surface area (TPSA) is 29.1 Å². The summed E-state index contributed by atoms with van der Waals surface area (Å²) in [6.45, 7) is 0. The average Bonchev–Trinajstić information content (AvgIpc) is 2.13. The first-order chi connectivity index (χ1) is 7.58. The van der Waals surface area contributed by atoms with Gasteiger partial charge in [-0.2, -0.15) is 0 Å². The number of rotatable bonds is 2. The maximum atomic E-state index is 12.0. The molecule has 4 heteroatoms. The van der Waals surface area contributed by atoms with Gasteiger partial charge in [0.15, 0.2) is 0 Å². The van der Waals surface area contributed by atoms with Crippen molar-refractivity contribution in [2.24, 2.45) is 5.92 Å². The fourth-order valence-corrected chi connectivity index (χ4v) is 3.30. The highest BCUT2D eigenvalue weighted by Gasteiger charge is 2.57. The monoisotopic (exact) mass is 391 g/mol. The van der Waals surface area contributed by atoms with Gasteiger partial charge in [0.25, 0.3) is 5.91 Å². The lowest BCUT2D eigenvalue weighted by atomic mass is 9.50. The Kier molecular flexibility index (Phi) is 2.55. The molecule has 3 aliphatic carbocycles. The molecule has 16 heavy (non-hydrogen) atoms. The molecular weight excluding hydrogens is 381 g/mol. The van der Waals surface area contributed by atoms with E-state index in [1.165, 1.54) is 19.3 Å². The minimum Gasteiger partial charge on any atom is -0.347 e. The Morgan fingerprint density at radius 2 is 2.12 bits per heavy atom. The standard InChI is InChI=1S/C12H11BrINO/c13-9-3-8(1-2-10(9)14)11(16)15-12-4-7(5-12)6-12/h1-3,7H,4-6H2,(H,15,16). The first kappa shape index (κ1) is 11.0. The van der Waals surface area contributed by atoms with Crippen LogP contribution in [-0.4, -0.2) is 11.4 Å². The molecule has 1 aromatic carbocycles. The lowest BCUT2D eigenvalue weighted by molar-refractivity contribution is -0.0438. The number of halogens is 2. The molecule has 0 unspecified atom stereocenters. The van der Waals surface area contributed by atoms with Gasteiger partial charge in [-0.15, -0.1) is 0 Å². The summed E-state index contributed by atoms with van der Waals surface area (Å²) in [7, 11) is 0. The van der Waals surface area contributed by atoms with Gasteiger partial charge in [0.05, 0.1) is 0 Å². The molecule has 2 nitrogen and oxygen atoms in total. The van der Waals surface area contributed by atoms with Crippen molar-refractivity contribution in [2.45, 2.75) is 24.8 Å². The predicted octanol–water partition coefficient (Wildman–Crippen LogP) is 3.34. The number of hydrogen-bond donors (Lipinski definition) is 1. The third-order valence-electron chi connectivity index (χ3n) is 3.60. The molecule has 0 spiro atoms. The Balaban J connectivity index is 1.75. The minimum atomic E-state index is 0.0650. The summed E-state index contributed by atoms with van der Waals surface area (Å²) in [5.41, 5.74) is 0.911. The largest absolute Gasteiger partial charge is 0.347 e. The fraction of sp³-hybridized carbons (Fsp3) is 0.417. The summed E-state index contributed by atoms with van der Waals surface area (Å²) in [6, 6.07) is 5.73. The zero-order chi connectivity index (χ0) is 11.3. The third-order valence-corrected chi connectivity index (χ3v) is 5.94. The van der Waals surface area contributed by atoms with E-state index in [1.807, 2.05) is 18.2 Å². The van der Waals surface area contributed by atoms with Crippen LogP contribution >= 0.6 is 38.5 Å². The number of carbonyl (C=O) groups is 1. The summed E-state index contributed by atoms with van der Waals surface area (Å²) < 4.78 is 2.11. The van der Waals surface area contributed by atoms with Crippen molar-refractivity contribution >= 4 is 44.4 Å². The number of nitrogens with one attached hydrogen (secondary N) is 1. The Morgan fingerprint density at radius 1 is 1.44 bits per heavy atom. The molecule has 1 aromatic rings. The molecule has 0 aliphatic heterocycles. The van der Waals surface area contributed by atoms with E-state index in [0.717, 1.165) is 19.5 Å². The van der Waals surface area contributed by atoms with E-state index in [1.54, 1.807) is 0 Å². The van der Waals surface area contributed by atoms with E-state index < -0.39 is 0 Å². The van der Waals surface area contributed by atoms with E-state index >= 15 is 0 Å². The highest BCUT2D eigenvalue weighted by Crippen LogP contribution is 2.56. The van der Waals surface area contributed by atoms with Crippen LogP contribution in [0, 0.1) is 9.49 Å². The molecular formula is C12H11BrINO. The second-order valence-corrected chi connectivity index (χ2v) is 6.86. The Labute approximate surface area is 116 Å². The highest BCUT2D eigenvalue weighted by atomic mass is 127. The predicted molar refractivity (Wildman–Crippen MR) is 74.4 cm³/mol. The molecule has 3 saturated carbocycles. The molecule has 0 atom stereocenters. The molecule has 0 radical (unpaired) electrons. The van der Waals surface area contributed by atoms with E-state index in [2.05, 4.69) is 43.8 Å². The third kappa shape index (κ3) is 1.70. The van der Waals surface area contributed by atoms with E-state index in [9.17, 15) is 4.79 Å². The summed E-state index contributed by atoms with van der Waals surface area (Å²) in [5, 5.41) is 3.16. The van der Waals surface area contributed by atoms with Crippen molar-refractivity contribution in [1.82, 2.24) is 5.32 Å². The maximum Gasteiger partial charge on any atom is 0.251 e. The maximum absolute atomic E-state index is 12.0. The normalized spacial score (nSPS) is 30.2. The lowest BCUT2D eigenvalue weighted by Gasteiger charge is -2.61. The molecule has 0 saturated heterocycles. The number of benzene rings is 1. The van der Waals surface area contributed by atoms with Crippen LogP contribution in [0.3, 0.4) is 0 Å². The first-order valence-corrected chi connectivity index (χ1v) is 7.23. The van der Waals surface area contributed by atoms with E-state index in [-0.39, 0.29) is 11.4 Å². The first-order valence-electron chi connectivity index (χ1n) is 5.36. The van der Waals surface area contributed by atoms with Crippen LogP contribution in [0.5, 0.6) is 0 Å². The van der Waals surface area contributed by atoms with Gasteiger partial charge in [-0.1, -0.05) is 0 Å². The zero-order valence-corrected chi connectivity index (χ0v) is 12.3. The Morgan fingerprint density at radius 3 is 2.62 bits per heavy atom. The fourth-order valence-electron chi connectivity index (χ4n) is 2.58. The number of carbonyl (C=O) groups excluding carboxylic acids is 1. The molecule has 3 aliphatic rings. The molecule has 3 fully saturated rings. The van der Waals surface area contributed by atoms with Crippen LogP contribution in [0.2, 0.25) is 0 Å². The highest BCUT2D eigenvalue weighted by molar-refractivity contribution is 14.1. The van der Waals surface area contributed by atoms with Gasteiger partial charge in [0.1, 0.15) is 0 Å². The second-order valence-electron chi connectivity index (χ2n) is 4.84. The van der Waals surface area contributed by atoms with Crippen LogP contribution in [0.15, 0.2) is 22.7 Å². The quantitative estimate of drug-likeness (QED) is 0.769. The molecule has 84 valence electrons. The van der Waals surface area contributed by atoms with Gasteiger partial charge in [0, 0.05) is 19.1 Å². The molecule has 0 heterocycles. The van der Waals surface area contributed by atoms with Gasteiger partial charge >= 0.3 is 0 Å². The minimum absolute atomic E-state index is 0.0650. The van der Waals surface area contributed by atoms with Crippen molar-refractivity contribution in [3.8, 4) is 0 Å². The second kappa shape index (κ2) is 3.70. The van der Waals surface area contributed by atoms with Crippen LogP contribution in [0.1, 0.15) is 29.6 Å². The summed E-state index contributed by atoms with van der Waals surface area (Å²) in [4.78, 5) is 12.0.